The highest BCUT2D eigenvalue weighted by molar-refractivity contribution is 6.29. The van der Waals surface area contributed by atoms with Crippen LogP contribution in [0, 0.1) is 0 Å². The summed E-state index contributed by atoms with van der Waals surface area (Å²) in [5.41, 5.74) is 0.582. The molecule has 1 rings (SSSR count). The van der Waals surface area contributed by atoms with E-state index in [1.165, 1.54) is 0 Å². The maximum Gasteiger partial charge on any atom is 0.162 e. The average Bonchev–Trinajstić information content (AvgIpc) is 2.32. The Hall–Kier alpha value is -0.670. The molecule has 0 aromatic carbocycles. The second kappa shape index (κ2) is 6.31. The number of halogens is 1. The molecule has 96 valence electrons. The number of aryl methyl sites for hydroxylation is 1. The smallest absolute Gasteiger partial charge is 0.162 e. The van der Waals surface area contributed by atoms with Crippen molar-refractivity contribution in [2.45, 2.75) is 52.1 Å². The van der Waals surface area contributed by atoms with Gasteiger partial charge in [-0.3, -0.25) is 0 Å². The lowest BCUT2D eigenvalue weighted by molar-refractivity contribution is -0.0293. The third-order valence-corrected chi connectivity index (χ3v) is 3.39. The zero-order valence-electron chi connectivity index (χ0n) is 11.1. The molecule has 4 heteroatoms. The second-order valence-corrected chi connectivity index (χ2v) is 4.55. The summed E-state index contributed by atoms with van der Waals surface area (Å²) in [7, 11) is 1.71. The van der Waals surface area contributed by atoms with Crippen LogP contribution in [-0.4, -0.2) is 17.1 Å². The first-order valence-corrected chi connectivity index (χ1v) is 6.58. The lowest BCUT2D eigenvalue weighted by Gasteiger charge is -2.28. The van der Waals surface area contributed by atoms with Crippen LogP contribution in [0.2, 0.25) is 5.15 Å². The van der Waals surface area contributed by atoms with Gasteiger partial charge in [-0.05, 0) is 25.3 Å². The Labute approximate surface area is 109 Å². The Bertz CT molecular complexity index is 356. The van der Waals surface area contributed by atoms with Crippen LogP contribution in [-0.2, 0) is 16.8 Å². The summed E-state index contributed by atoms with van der Waals surface area (Å²) in [6, 6.07) is 1.83. The fraction of sp³-hybridized carbons (Fsp3) is 0.692. The van der Waals surface area contributed by atoms with E-state index in [0.29, 0.717) is 11.0 Å². The summed E-state index contributed by atoms with van der Waals surface area (Å²) in [6.07, 6.45) is 3.64. The molecule has 0 fully saturated rings. The van der Waals surface area contributed by atoms with Gasteiger partial charge in [-0.15, -0.1) is 0 Å². The second-order valence-electron chi connectivity index (χ2n) is 4.16. The Morgan fingerprint density at radius 1 is 1.24 bits per heavy atom. The Kier molecular flexibility index (Phi) is 5.34. The lowest BCUT2D eigenvalue weighted by Crippen LogP contribution is -2.29. The monoisotopic (exact) mass is 256 g/mol. The van der Waals surface area contributed by atoms with Gasteiger partial charge < -0.3 is 4.74 Å². The van der Waals surface area contributed by atoms with E-state index in [1.807, 2.05) is 6.07 Å². The molecule has 0 atom stereocenters. The van der Waals surface area contributed by atoms with Crippen LogP contribution in [0.5, 0.6) is 0 Å². The molecular formula is C13H21ClN2O. The maximum absolute atomic E-state index is 6.06. The van der Waals surface area contributed by atoms with Crippen molar-refractivity contribution in [1.29, 1.82) is 0 Å². The maximum atomic E-state index is 6.06. The number of rotatable bonds is 6. The first-order chi connectivity index (χ1) is 8.11. The van der Waals surface area contributed by atoms with E-state index in [-0.39, 0.29) is 0 Å². The molecule has 1 aromatic heterocycles. The van der Waals surface area contributed by atoms with Gasteiger partial charge in [0.15, 0.2) is 5.82 Å². The summed E-state index contributed by atoms with van der Waals surface area (Å²) >= 11 is 6.06. The van der Waals surface area contributed by atoms with Gasteiger partial charge in [0.05, 0.1) is 0 Å². The zero-order valence-corrected chi connectivity index (χ0v) is 11.8. The fourth-order valence-electron chi connectivity index (χ4n) is 2.00. The number of ether oxygens (including phenoxy) is 1. The van der Waals surface area contributed by atoms with E-state index in [1.54, 1.807) is 7.11 Å². The minimum atomic E-state index is -0.409. The summed E-state index contributed by atoms with van der Waals surface area (Å²) in [5, 5.41) is 0.502. The highest BCUT2D eigenvalue weighted by atomic mass is 35.5. The number of hydrogen-bond donors (Lipinski definition) is 0. The minimum Gasteiger partial charge on any atom is -0.370 e. The minimum absolute atomic E-state index is 0.409. The van der Waals surface area contributed by atoms with E-state index >= 15 is 0 Å². The molecule has 0 aliphatic rings. The molecule has 1 aromatic rings. The van der Waals surface area contributed by atoms with E-state index in [0.717, 1.165) is 31.4 Å². The van der Waals surface area contributed by atoms with Crippen molar-refractivity contribution in [1.82, 2.24) is 9.97 Å². The van der Waals surface area contributed by atoms with Gasteiger partial charge in [0.1, 0.15) is 10.8 Å². The summed E-state index contributed by atoms with van der Waals surface area (Å²) in [6.45, 7) is 6.28. The molecule has 0 aliphatic carbocycles. The van der Waals surface area contributed by atoms with Crippen molar-refractivity contribution in [2.24, 2.45) is 0 Å². The highest BCUT2D eigenvalue weighted by Gasteiger charge is 2.31. The van der Waals surface area contributed by atoms with Gasteiger partial charge in [-0.25, -0.2) is 9.97 Å². The van der Waals surface area contributed by atoms with Crippen LogP contribution in [0.3, 0.4) is 0 Å². The van der Waals surface area contributed by atoms with E-state index in [4.69, 9.17) is 16.3 Å². The molecule has 0 N–H and O–H groups in total. The van der Waals surface area contributed by atoms with Crippen molar-refractivity contribution in [3.05, 3.63) is 22.7 Å². The molecule has 3 nitrogen and oxygen atoms in total. The Morgan fingerprint density at radius 3 is 2.35 bits per heavy atom. The normalized spacial score (nSPS) is 11.8. The zero-order chi connectivity index (χ0) is 12.9. The molecule has 0 amide bonds. The van der Waals surface area contributed by atoms with Crippen LogP contribution >= 0.6 is 11.6 Å². The molecule has 0 aliphatic heterocycles. The Balaban J connectivity index is 3.19. The van der Waals surface area contributed by atoms with Crippen molar-refractivity contribution >= 4 is 11.6 Å². The van der Waals surface area contributed by atoms with Gasteiger partial charge in [-0.1, -0.05) is 38.8 Å². The number of methoxy groups -OCH3 is 1. The molecule has 17 heavy (non-hydrogen) atoms. The lowest BCUT2D eigenvalue weighted by atomic mass is 9.96. The standard InChI is InChI=1S/C13H21ClN2O/c1-5-8-10-9-11(14)16-12(15-10)13(6-2,7-3)17-4/h9H,5-8H2,1-4H3. The van der Waals surface area contributed by atoms with Crippen LogP contribution < -0.4 is 0 Å². The van der Waals surface area contributed by atoms with E-state index in [9.17, 15) is 0 Å². The molecular weight excluding hydrogens is 236 g/mol. The van der Waals surface area contributed by atoms with Gasteiger partial charge in [0.25, 0.3) is 0 Å². The van der Waals surface area contributed by atoms with Crippen LogP contribution in [0.25, 0.3) is 0 Å². The van der Waals surface area contributed by atoms with Gasteiger partial charge in [-0.2, -0.15) is 0 Å². The topological polar surface area (TPSA) is 35.0 Å². The predicted molar refractivity (Wildman–Crippen MR) is 70.3 cm³/mol. The SMILES string of the molecule is CCCc1cc(Cl)nc(C(CC)(CC)OC)n1. The molecule has 0 saturated carbocycles. The largest absolute Gasteiger partial charge is 0.370 e. The van der Waals surface area contributed by atoms with Crippen molar-refractivity contribution in [2.75, 3.05) is 7.11 Å². The molecule has 0 saturated heterocycles. The number of hydrogen-bond acceptors (Lipinski definition) is 3. The third-order valence-electron chi connectivity index (χ3n) is 3.19. The first kappa shape index (κ1) is 14.4. The summed E-state index contributed by atoms with van der Waals surface area (Å²) in [4.78, 5) is 8.92. The predicted octanol–water partition coefficient (Wildman–Crippen LogP) is 3.74. The van der Waals surface area contributed by atoms with Gasteiger partial charge >= 0.3 is 0 Å². The Morgan fingerprint density at radius 2 is 1.88 bits per heavy atom. The molecule has 0 bridgehead atoms. The van der Waals surface area contributed by atoms with Crippen LogP contribution in [0.1, 0.15) is 51.6 Å². The molecule has 0 unspecified atom stereocenters. The van der Waals surface area contributed by atoms with Crippen LogP contribution in [0.15, 0.2) is 6.07 Å². The van der Waals surface area contributed by atoms with E-state index in [2.05, 4.69) is 30.7 Å². The molecule has 0 radical (unpaired) electrons. The highest BCUT2D eigenvalue weighted by Crippen LogP contribution is 2.30. The van der Waals surface area contributed by atoms with E-state index < -0.39 is 5.60 Å². The van der Waals surface area contributed by atoms with Crippen molar-refractivity contribution < 1.29 is 4.74 Å². The van der Waals surface area contributed by atoms with Gasteiger partial charge in [0, 0.05) is 12.8 Å². The van der Waals surface area contributed by atoms with Crippen LogP contribution in [0.4, 0.5) is 0 Å². The summed E-state index contributed by atoms with van der Waals surface area (Å²) in [5.74, 6) is 0.709. The molecule has 1 heterocycles. The third kappa shape index (κ3) is 3.17. The van der Waals surface area contributed by atoms with Gasteiger partial charge in [0.2, 0.25) is 0 Å². The first-order valence-electron chi connectivity index (χ1n) is 6.21. The number of aromatic nitrogens is 2. The summed E-state index contributed by atoms with van der Waals surface area (Å²) < 4.78 is 5.63. The average molecular weight is 257 g/mol. The van der Waals surface area contributed by atoms with Crippen molar-refractivity contribution in [3.63, 3.8) is 0 Å². The molecule has 0 spiro atoms. The quantitative estimate of drug-likeness (QED) is 0.728. The number of nitrogens with zero attached hydrogens (tertiary/aromatic N) is 2. The van der Waals surface area contributed by atoms with Crippen molar-refractivity contribution in [3.8, 4) is 0 Å². The fourth-order valence-corrected chi connectivity index (χ4v) is 2.20.